The molecule has 0 aliphatic heterocycles. The van der Waals surface area contributed by atoms with Crippen LogP contribution in [-0.4, -0.2) is 25.7 Å². The van der Waals surface area contributed by atoms with Crippen molar-refractivity contribution in [3.63, 3.8) is 0 Å². The Labute approximate surface area is 185 Å². The highest BCUT2D eigenvalue weighted by Gasteiger charge is 2.16. The number of amides is 1. The maximum absolute atomic E-state index is 13.2. The number of carbonyl (C=O) groups is 1. The quantitative estimate of drug-likeness (QED) is 0.433. The third kappa shape index (κ3) is 3.73. The topological polar surface area (TPSA) is 89.8 Å². The van der Waals surface area contributed by atoms with E-state index in [1.54, 1.807) is 0 Å². The molecule has 0 aliphatic carbocycles. The second-order valence-electron chi connectivity index (χ2n) is 6.97. The summed E-state index contributed by atoms with van der Waals surface area (Å²) < 4.78 is 1.33. The Morgan fingerprint density at radius 2 is 1.97 bits per heavy atom. The molecule has 1 amide bonds. The van der Waals surface area contributed by atoms with Gasteiger partial charge in [0.05, 0.1) is 11.7 Å². The Hall–Kier alpha value is -3.43. The first-order valence-corrected chi connectivity index (χ1v) is 11.4. The highest BCUT2D eigenvalue weighted by molar-refractivity contribution is 7.17. The van der Waals surface area contributed by atoms with Crippen molar-refractivity contribution in [2.45, 2.75) is 19.9 Å². The predicted octanol–water partition coefficient (Wildman–Crippen LogP) is 4.33. The van der Waals surface area contributed by atoms with Gasteiger partial charge in [-0.2, -0.15) is 0 Å². The van der Waals surface area contributed by atoms with E-state index in [0.29, 0.717) is 15.3 Å². The molecular weight excluding hydrogens is 430 g/mol. The summed E-state index contributed by atoms with van der Waals surface area (Å²) in [6, 6.07) is 14.2. The molecule has 0 unspecified atom stereocenters. The molecule has 2 aromatic carbocycles. The Morgan fingerprint density at radius 1 is 1.13 bits per heavy atom. The largest absolute Gasteiger partial charge is 0.299 e. The molecular formula is C22H17N5O2S2. The summed E-state index contributed by atoms with van der Waals surface area (Å²) in [4.78, 5) is 30.7. The van der Waals surface area contributed by atoms with Crippen molar-refractivity contribution in [2.75, 3.05) is 5.32 Å². The number of anilines is 1. The van der Waals surface area contributed by atoms with Crippen LogP contribution in [-0.2, 0) is 17.8 Å². The summed E-state index contributed by atoms with van der Waals surface area (Å²) in [7, 11) is 0. The Balaban J connectivity index is 1.48. The van der Waals surface area contributed by atoms with Crippen molar-refractivity contribution in [3.8, 4) is 11.1 Å². The van der Waals surface area contributed by atoms with E-state index >= 15 is 0 Å². The van der Waals surface area contributed by atoms with Crippen molar-refractivity contribution in [3.05, 3.63) is 69.5 Å². The number of benzene rings is 2. The molecule has 5 aromatic rings. The van der Waals surface area contributed by atoms with Gasteiger partial charge in [0.15, 0.2) is 0 Å². The molecule has 3 aromatic heterocycles. The number of hydrogen-bond acceptors (Lipinski definition) is 7. The molecule has 0 aliphatic rings. The zero-order chi connectivity index (χ0) is 21.4. The Morgan fingerprint density at radius 3 is 2.77 bits per heavy atom. The van der Waals surface area contributed by atoms with E-state index in [1.807, 2.05) is 42.6 Å². The predicted molar refractivity (Wildman–Crippen MR) is 125 cm³/mol. The van der Waals surface area contributed by atoms with Gasteiger partial charge >= 0.3 is 0 Å². The minimum Gasteiger partial charge on any atom is -0.299 e. The molecule has 31 heavy (non-hydrogen) atoms. The van der Waals surface area contributed by atoms with Gasteiger partial charge in [-0.15, -0.1) is 21.5 Å². The van der Waals surface area contributed by atoms with Gasteiger partial charge in [0.25, 0.3) is 5.56 Å². The number of aromatic nitrogens is 4. The third-order valence-electron chi connectivity index (χ3n) is 4.95. The molecule has 3 heterocycles. The molecule has 0 saturated carbocycles. The smallest absolute Gasteiger partial charge is 0.263 e. The molecule has 0 fully saturated rings. The maximum atomic E-state index is 13.2. The number of hydrogen-bond donors (Lipinski definition) is 1. The monoisotopic (exact) mass is 447 g/mol. The standard InChI is InChI=1S/C22H17N5O2S2/c1-2-18-25-26-22(31-18)24-17(28)10-27-12-23-20-19(21(27)29)16(11-30-20)15-8-7-13-5-3-4-6-14(13)9-15/h3-9,11-12H,2,10H2,1H3,(H,24,26,28). The van der Waals surface area contributed by atoms with E-state index in [1.165, 1.54) is 33.6 Å². The van der Waals surface area contributed by atoms with Gasteiger partial charge in [-0.25, -0.2) is 4.98 Å². The normalized spacial score (nSPS) is 11.3. The SMILES string of the molecule is CCc1nnc(NC(=O)Cn2cnc3scc(-c4ccc5ccccc5c4)c3c2=O)s1. The summed E-state index contributed by atoms with van der Waals surface area (Å²) in [6.07, 6.45) is 2.17. The highest BCUT2D eigenvalue weighted by atomic mass is 32.1. The molecule has 0 atom stereocenters. The number of rotatable bonds is 5. The van der Waals surface area contributed by atoms with Gasteiger partial charge in [-0.3, -0.25) is 19.5 Å². The lowest BCUT2D eigenvalue weighted by Gasteiger charge is -2.06. The second-order valence-corrected chi connectivity index (χ2v) is 8.89. The van der Waals surface area contributed by atoms with E-state index in [-0.39, 0.29) is 18.0 Å². The van der Waals surface area contributed by atoms with Crippen molar-refractivity contribution >= 4 is 54.7 Å². The van der Waals surface area contributed by atoms with Crippen LogP contribution in [0, 0.1) is 0 Å². The summed E-state index contributed by atoms with van der Waals surface area (Å²) in [6.45, 7) is 1.83. The summed E-state index contributed by atoms with van der Waals surface area (Å²) in [5.41, 5.74) is 1.54. The Kier molecular flexibility index (Phi) is 5.05. The van der Waals surface area contributed by atoms with E-state index < -0.39 is 0 Å². The van der Waals surface area contributed by atoms with Crippen molar-refractivity contribution in [2.24, 2.45) is 0 Å². The van der Waals surface area contributed by atoms with Crippen LogP contribution in [0.2, 0.25) is 0 Å². The van der Waals surface area contributed by atoms with Crippen LogP contribution in [0.3, 0.4) is 0 Å². The molecule has 0 radical (unpaired) electrons. The molecule has 7 nitrogen and oxygen atoms in total. The molecule has 9 heteroatoms. The molecule has 1 N–H and O–H groups in total. The van der Waals surface area contributed by atoms with Crippen molar-refractivity contribution in [1.29, 1.82) is 0 Å². The van der Waals surface area contributed by atoms with Crippen LogP contribution in [0.15, 0.2) is 59.0 Å². The highest BCUT2D eigenvalue weighted by Crippen LogP contribution is 2.32. The van der Waals surface area contributed by atoms with Gasteiger partial charge in [0, 0.05) is 10.9 Å². The minimum absolute atomic E-state index is 0.143. The van der Waals surface area contributed by atoms with E-state index in [4.69, 9.17) is 0 Å². The first kappa shape index (κ1) is 19.5. The average Bonchev–Trinajstić information content (AvgIpc) is 3.42. The van der Waals surface area contributed by atoms with Gasteiger partial charge in [0.1, 0.15) is 16.4 Å². The summed E-state index contributed by atoms with van der Waals surface area (Å²) in [5, 5.41) is 16.6. The lowest BCUT2D eigenvalue weighted by atomic mass is 10.0. The first-order valence-electron chi connectivity index (χ1n) is 9.70. The average molecular weight is 448 g/mol. The number of aryl methyl sites for hydroxylation is 1. The first-order chi connectivity index (χ1) is 15.1. The number of carbonyl (C=O) groups excluding carboxylic acids is 1. The minimum atomic E-state index is -0.343. The second kappa shape index (κ2) is 8.01. The molecule has 154 valence electrons. The number of nitrogens with one attached hydrogen (secondary N) is 1. The van der Waals surface area contributed by atoms with Crippen LogP contribution >= 0.6 is 22.7 Å². The summed E-state index contributed by atoms with van der Waals surface area (Å²) >= 11 is 2.75. The van der Waals surface area contributed by atoms with E-state index in [0.717, 1.165) is 33.3 Å². The fraction of sp³-hybridized carbons (Fsp3) is 0.136. The lowest BCUT2D eigenvalue weighted by Crippen LogP contribution is -2.27. The number of nitrogens with zero attached hydrogens (tertiary/aromatic N) is 4. The van der Waals surface area contributed by atoms with E-state index in [9.17, 15) is 9.59 Å². The summed E-state index contributed by atoms with van der Waals surface area (Å²) in [5.74, 6) is -0.343. The zero-order valence-corrected chi connectivity index (χ0v) is 18.2. The Bertz CT molecular complexity index is 1480. The molecule has 5 rings (SSSR count). The number of fused-ring (bicyclic) bond motifs is 2. The molecule has 0 bridgehead atoms. The van der Waals surface area contributed by atoms with Crippen LogP contribution in [0.1, 0.15) is 11.9 Å². The zero-order valence-electron chi connectivity index (χ0n) is 16.5. The maximum Gasteiger partial charge on any atom is 0.263 e. The van der Waals surface area contributed by atoms with Crippen LogP contribution in [0.4, 0.5) is 5.13 Å². The number of thiophene rings is 1. The lowest BCUT2D eigenvalue weighted by molar-refractivity contribution is -0.116. The van der Waals surface area contributed by atoms with Crippen molar-refractivity contribution in [1.82, 2.24) is 19.7 Å². The fourth-order valence-electron chi connectivity index (χ4n) is 3.41. The van der Waals surface area contributed by atoms with Gasteiger partial charge in [-0.1, -0.05) is 54.7 Å². The van der Waals surface area contributed by atoms with Gasteiger partial charge in [-0.05, 0) is 28.8 Å². The van der Waals surface area contributed by atoms with Crippen molar-refractivity contribution < 1.29 is 4.79 Å². The van der Waals surface area contributed by atoms with Crippen LogP contribution in [0.5, 0.6) is 0 Å². The van der Waals surface area contributed by atoms with Gasteiger partial charge in [0.2, 0.25) is 11.0 Å². The van der Waals surface area contributed by atoms with Crippen LogP contribution < -0.4 is 10.9 Å². The molecule has 0 saturated heterocycles. The fourth-order valence-corrected chi connectivity index (χ4v) is 5.01. The van der Waals surface area contributed by atoms with Crippen LogP contribution in [0.25, 0.3) is 32.1 Å². The third-order valence-corrected chi connectivity index (χ3v) is 6.82. The van der Waals surface area contributed by atoms with Gasteiger partial charge < -0.3 is 0 Å². The molecule has 0 spiro atoms. The van der Waals surface area contributed by atoms with E-state index in [2.05, 4.69) is 32.6 Å².